The third-order valence-corrected chi connectivity index (χ3v) is 6.02. The summed E-state index contributed by atoms with van der Waals surface area (Å²) in [6, 6.07) is 8.45. The zero-order chi connectivity index (χ0) is 22.0. The lowest BCUT2D eigenvalue weighted by Gasteiger charge is -2.28. The normalized spacial score (nSPS) is 26.9. The Bertz CT molecular complexity index is 872. The second-order valence-electron chi connectivity index (χ2n) is 8.05. The van der Waals surface area contributed by atoms with E-state index in [0.29, 0.717) is 25.2 Å². The smallest absolute Gasteiger partial charge is 0.390 e. The molecule has 1 aliphatic heterocycles. The summed E-state index contributed by atoms with van der Waals surface area (Å²) in [7, 11) is 0. The predicted molar refractivity (Wildman–Crippen MR) is 109 cm³/mol. The van der Waals surface area contributed by atoms with Crippen LogP contribution in [0, 0.1) is 0 Å². The van der Waals surface area contributed by atoms with Gasteiger partial charge in [0.05, 0.1) is 31.0 Å². The van der Waals surface area contributed by atoms with Crippen molar-refractivity contribution < 1.29 is 28.1 Å². The minimum absolute atomic E-state index is 0.147. The van der Waals surface area contributed by atoms with Gasteiger partial charge in [0.15, 0.2) is 0 Å². The standard InChI is InChI=1S/C22H26F3N3O3/c23-22(24,25)16-3-1-2-14(10-16)12-27-20-17(11-18(29)21(20)30)15-4-5-19(26-13-15)28-6-8-31-9-7-28/h1-5,10,13,17-18,20-21,27,29-30H,6-9,11-12H2. The van der Waals surface area contributed by atoms with E-state index < -0.39 is 30.0 Å². The number of ether oxygens (including phenoxy) is 1. The van der Waals surface area contributed by atoms with Crippen molar-refractivity contribution in [1.29, 1.82) is 0 Å². The zero-order valence-corrected chi connectivity index (χ0v) is 16.9. The number of aliphatic hydroxyl groups is 2. The summed E-state index contributed by atoms with van der Waals surface area (Å²) in [5.41, 5.74) is 0.621. The summed E-state index contributed by atoms with van der Waals surface area (Å²) in [6.45, 7) is 3.01. The topological polar surface area (TPSA) is 77.9 Å². The number of alkyl halides is 3. The SMILES string of the molecule is OC1CC(c2ccc(N3CCOCC3)nc2)C(NCc2cccc(C(F)(F)F)c2)C1O. The van der Waals surface area contributed by atoms with Crippen LogP contribution in [0.5, 0.6) is 0 Å². The number of hydrogen-bond donors (Lipinski definition) is 3. The Balaban J connectivity index is 1.46. The Morgan fingerprint density at radius 1 is 1.13 bits per heavy atom. The van der Waals surface area contributed by atoms with Gasteiger partial charge >= 0.3 is 6.18 Å². The van der Waals surface area contributed by atoms with Crippen LogP contribution in [-0.2, 0) is 17.5 Å². The number of nitrogens with one attached hydrogen (secondary N) is 1. The molecule has 6 nitrogen and oxygen atoms in total. The first-order chi connectivity index (χ1) is 14.8. The molecule has 2 fully saturated rings. The number of aliphatic hydroxyl groups excluding tert-OH is 2. The van der Waals surface area contributed by atoms with Crippen LogP contribution in [-0.4, -0.2) is 59.8 Å². The molecule has 0 amide bonds. The van der Waals surface area contributed by atoms with E-state index in [1.54, 1.807) is 12.3 Å². The van der Waals surface area contributed by atoms with Crippen molar-refractivity contribution in [2.45, 2.75) is 43.3 Å². The molecule has 9 heteroatoms. The highest BCUT2D eigenvalue weighted by Crippen LogP contribution is 2.36. The quantitative estimate of drug-likeness (QED) is 0.667. The maximum atomic E-state index is 13.0. The van der Waals surface area contributed by atoms with E-state index >= 15 is 0 Å². The Labute approximate surface area is 178 Å². The lowest BCUT2D eigenvalue weighted by Crippen LogP contribution is -2.42. The Hall–Kier alpha value is -2.20. The first-order valence-electron chi connectivity index (χ1n) is 10.4. The van der Waals surface area contributed by atoms with E-state index in [1.165, 1.54) is 6.07 Å². The number of nitrogens with zero attached hydrogens (tertiary/aromatic N) is 2. The number of anilines is 1. The van der Waals surface area contributed by atoms with E-state index in [2.05, 4.69) is 15.2 Å². The van der Waals surface area contributed by atoms with Crippen LogP contribution in [0.25, 0.3) is 0 Å². The fourth-order valence-electron chi connectivity index (χ4n) is 4.32. The number of aromatic nitrogens is 1. The summed E-state index contributed by atoms with van der Waals surface area (Å²) in [5, 5.41) is 23.9. The van der Waals surface area contributed by atoms with Crippen molar-refractivity contribution in [3.05, 3.63) is 59.3 Å². The van der Waals surface area contributed by atoms with Gasteiger partial charge in [-0.15, -0.1) is 0 Å². The fraction of sp³-hybridized carbons (Fsp3) is 0.500. The molecule has 31 heavy (non-hydrogen) atoms. The Morgan fingerprint density at radius 2 is 1.90 bits per heavy atom. The van der Waals surface area contributed by atoms with Crippen LogP contribution >= 0.6 is 0 Å². The van der Waals surface area contributed by atoms with Gasteiger partial charge in [-0.3, -0.25) is 0 Å². The molecule has 4 rings (SSSR count). The Morgan fingerprint density at radius 3 is 2.58 bits per heavy atom. The third-order valence-electron chi connectivity index (χ3n) is 6.02. The van der Waals surface area contributed by atoms with Crippen LogP contribution < -0.4 is 10.2 Å². The molecule has 1 aromatic heterocycles. The predicted octanol–water partition coefficient (Wildman–Crippen LogP) is 2.30. The number of pyridine rings is 1. The largest absolute Gasteiger partial charge is 0.416 e. The monoisotopic (exact) mass is 437 g/mol. The van der Waals surface area contributed by atoms with Crippen LogP contribution in [0.1, 0.15) is 29.0 Å². The maximum Gasteiger partial charge on any atom is 0.416 e. The average Bonchev–Trinajstić information content (AvgIpc) is 3.06. The first kappa shape index (κ1) is 22.0. The summed E-state index contributed by atoms with van der Waals surface area (Å²) in [5.74, 6) is 0.640. The molecule has 1 saturated carbocycles. The molecule has 0 spiro atoms. The molecule has 168 valence electrons. The summed E-state index contributed by atoms with van der Waals surface area (Å²) in [4.78, 5) is 6.68. The van der Waals surface area contributed by atoms with Gasteiger partial charge in [-0.2, -0.15) is 13.2 Å². The molecular formula is C22H26F3N3O3. The minimum atomic E-state index is -4.41. The first-order valence-corrected chi connectivity index (χ1v) is 10.4. The van der Waals surface area contributed by atoms with Crippen molar-refractivity contribution >= 4 is 5.82 Å². The number of rotatable bonds is 5. The van der Waals surface area contributed by atoms with Gasteiger partial charge in [-0.05, 0) is 29.7 Å². The molecule has 3 N–H and O–H groups in total. The molecule has 0 bridgehead atoms. The van der Waals surface area contributed by atoms with Crippen molar-refractivity contribution in [3.63, 3.8) is 0 Å². The van der Waals surface area contributed by atoms with Crippen molar-refractivity contribution in [2.24, 2.45) is 0 Å². The lowest BCUT2D eigenvalue weighted by molar-refractivity contribution is -0.137. The van der Waals surface area contributed by atoms with Gasteiger partial charge in [-0.25, -0.2) is 4.98 Å². The van der Waals surface area contributed by atoms with E-state index in [0.717, 1.165) is 36.6 Å². The van der Waals surface area contributed by atoms with Crippen LogP contribution in [0.2, 0.25) is 0 Å². The summed E-state index contributed by atoms with van der Waals surface area (Å²) >= 11 is 0. The second kappa shape index (κ2) is 9.12. The maximum absolute atomic E-state index is 13.0. The third kappa shape index (κ3) is 5.01. The van der Waals surface area contributed by atoms with Crippen molar-refractivity contribution in [1.82, 2.24) is 10.3 Å². The van der Waals surface area contributed by atoms with Crippen molar-refractivity contribution in [2.75, 3.05) is 31.2 Å². The van der Waals surface area contributed by atoms with Gasteiger partial charge in [0.2, 0.25) is 0 Å². The number of benzene rings is 1. The second-order valence-corrected chi connectivity index (χ2v) is 8.05. The highest BCUT2D eigenvalue weighted by molar-refractivity contribution is 5.41. The van der Waals surface area contributed by atoms with Gasteiger partial charge in [0.25, 0.3) is 0 Å². The summed E-state index contributed by atoms with van der Waals surface area (Å²) in [6.07, 6.45) is -4.24. The van der Waals surface area contributed by atoms with Gasteiger partial charge in [0, 0.05) is 37.8 Å². The van der Waals surface area contributed by atoms with E-state index in [1.807, 2.05) is 12.1 Å². The van der Waals surface area contributed by atoms with Gasteiger partial charge in [-0.1, -0.05) is 24.3 Å². The Kier molecular flexibility index (Phi) is 6.47. The van der Waals surface area contributed by atoms with Gasteiger partial charge < -0.3 is 25.2 Å². The summed E-state index contributed by atoms with van der Waals surface area (Å²) < 4.78 is 44.2. The molecule has 4 unspecified atom stereocenters. The molecule has 2 aliphatic rings. The lowest BCUT2D eigenvalue weighted by atomic mass is 9.94. The highest BCUT2D eigenvalue weighted by Gasteiger charge is 2.42. The van der Waals surface area contributed by atoms with Gasteiger partial charge in [0.1, 0.15) is 5.82 Å². The van der Waals surface area contributed by atoms with Crippen molar-refractivity contribution in [3.8, 4) is 0 Å². The molecular weight excluding hydrogens is 411 g/mol. The van der Waals surface area contributed by atoms with E-state index in [-0.39, 0.29) is 12.5 Å². The van der Waals surface area contributed by atoms with E-state index in [9.17, 15) is 23.4 Å². The van der Waals surface area contributed by atoms with Crippen LogP contribution in [0.3, 0.4) is 0 Å². The molecule has 1 aromatic carbocycles. The minimum Gasteiger partial charge on any atom is -0.390 e. The highest BCUT2D eigenvalue weighted by atomic mass is 19.4. The van der Waals surface area contributed by atoms with Crippen LogP contribution in [0.4, 0.5) is 19.0 Å². The molecule has 2 aromatic rings. The zero-order valence-electron chi connectivity index (χ0n) is 16.9. The number of hydrogen-bond acceptors (Lipinski definition) is 6. The molecule has 0 radical (unpaired) electrons. The average molecular weight is 437 g/mol. The molecule has 1 aliphatic carbocycles. The molecule has 2 heterocycles. The number of halogens is 3. The van der Waals surface area contributed by atoms with E-state index in [4.69, 9.17) is 4.74 Å². The fourth-order valence-corrected chi connectivity index (χ4v) is 4.32. The molecule has 4 atom stereocenters. The number of morpholine rings is 1. The van der Waals surface area contributed by atoms with Crippen LogP contribution in [0.15, 0.2) is 42.6 Å². The molecule has 1 saturated heterocycles.